The number of aryl methyl sites for hydroxylation is 1. The van der Waals surface area contributed by atoms with Gasteiger partial charge in [0.15, 0.2) is 5.65 Å². The molecule has 0 fully saturated rings. The summed E-state index contributed by atoms with van der Waals surface area (Å²) in [4.78, 5) is 18.6. The topological polar surface area (TPSA) is 47.8 Å². The van der Waals surface area contributed by atoms with E-state index in [1.165, 1.54) is 10.6 Å². The molecule has 0 aliphatic heterocycles. The first kappa shape index (κ1) is 7.85. The molecule has 0 aromatic carbocycles. The van der Waals surface area contributed by atoms with Crippen LogP contribution < -0.4 is 5.56 Å². The van der Waals surface area contributed by atoms with Gasteiger partial charge in [-0.3, -0.25) is 4.79 Å². The fourth-order valence-electron chi connectivity index (χ4n) is 1.09. The van der Waals surface area contributed by atoms with E-state index in [0.717, 1.165) is 12.4 Å². The van der Waals surface area contributed by atoms with Crippen LogP contribution in [0.4, 0.5) is 4.39 Å². The van der Waals surface area contributed by atoms with Crippen molar-refractivity contribution >= 4 is 11.2 Å². The molecule has 2 rings (SSSR count). The Balaban J connectivity index is 2.97. The third-order valence-corrected chi connectivity index (χ3v) is 1.80. The standard InChI is InChI=1S/C8H6FN3O/c1-12-6-2-5(9)3-10-8(6)11-4-7(12)13/h2-4H,1H3. The van der Waals surface area contributed by atoms with E-state index >= 15 is 0 Å². The van der Waals surface area contributed by atoms with E-state index in [9.17, 15) is 9.18 Å². The van der Waals surface area contributed by atoms with Gasteiger partial charge in [0.2, 0.25) is 0 Å². The number of halogens is 1. The van der Waals surface area contributed by atoms with Crippen LogP contribution in [0, 0.1) is 5.82 Å². The molecule has 0 saturated carbocycles. The second kappa shape index (κ2) is 2.62. The van der Waals surface area contributed by atoms with Crippen molar-refractivity contribution in [3.05, 3.63) is 34.6 Å². The highest BCUT2D eigenvalue weighted by molar-refractivity contribution is 5.69. The first-order valence-electron chi connectivity index (χ1n) is 3.66. The third kappa shape index (κ3) is 1.18. The maximum Gasteiger partial charge on any atom is 0.269 e. The Bertz CT molecular complexity index is 520. The van der Waals surface area contributed by atoms with Gasteiger partial charge in [0.1, 0.15) is 5.82 Å². The van der Waals surface area contributed by atoms with Crippen molar-refractivity contribution in [2.75, 3.05) is 0 Å². The Morgan fingerprint density at radius 3 is 2.85 bits per heavy atom. The summed E-state index contributed by atoms with van der Waals surface area (Å²) in [5.74, 6) is -0.476. The predicted molar refractivity (Wildman–Crippen MR) is 44.7 cm³/mol. The molecule has 2 aromatic rings. The Labute approximate surface area is 72.7 Å². The minimum atomic E-state index is -0.476. The van der Waals surface area contributed by atoms with Gasteiger partial charge in [-0.25, -0.2) is 14.4 Å². The lowest BCUT2D eigenvalue weighted by Crippen LogP contribution is -2.17. The Hall–Kier alpha value is -1.78. The van der Waals surface area contributed by atoms with Crippen LogP contribution in [0.5, 0.6) is 0 Å². The second-order valence-electron chi connectivity index (χ2n) is 2.65. The van der Waals surface area contributed by atoms with Crippen LogP contribution in [0.2, 0.25) is 0 Å². The van der Waals surface area contributed by atoms with E-state index in [2.05, 4.69) is 9.97 Å². The highest BCUT2D eigenvalue weighted by Crippen LogP contribution is 2.06. The zero-order chi connectivity index (χ0) is 9.42. The lowest BCUT2D eigenvalue weighted by molar-refractivity contribution is 0.622. The molecular formula is C8H6FN3O. The molecule has 0 spiro atoms. The van der Waals surface area contributed by atoms with Gasteiger partial charge in [-0.1, -0.05) is 0 Å². The number of rotatable bonds is 0. The first-order valence-corrected chi connectivity index (χ1v) is 3.66. The van der Waals surface area contributed by atoms with E-state index in [4.69, 9.17) is 0 Å². The fraction of sp³-hybridized carbons (Fsp3) is 0.125. The van der Waals surface area contributed by atoms with E-state index in [1.54, 1.807) is 7.05 Å². The normalized spacial score (nSPS) is 10.6. The van der Waals surface area contributed by atoms with Crippen LogP contribution in [0.1, 0.15) is 0 Å². The molecule has 0 amide bonds. The minimum Gasteiger partial charge on any atom is -0.307 e. The number of nitrogens with zero attached hydrogens (tertiary/aromatic N) is 3. The maximum atomic E-state index is 12.7. The van der Waals surface area contributed by atoms with Gasteiger partial charge in [-0.15, -0.1) is 0 Å². The summed E-state index contributed by atoms with van der Waals surface area (Å²) in [6, 6.07) is 1.23. The number of pyridine rings is 1. The Kier molecular flexibility index (Phi) is 1.58. The highest BCUT2D eigenvalue weighted by atomic mass is 19.1. The van der Waals surface area contributed by atoms with Crippen molar-refractivity contribution in [3.8, 4) is 0 Å². The van der Waals surface area contributed by atoms with Crippen LogP contribution in [-0.4, -0.2) is 14.5 Å². The smallest absolute Gasteiger partial charge is 0.269 e. The van der Waals surface area contributed by atoms with Crippen molar-refractivity contribution in [2.45, 2.75) is 0 Å². The van der Waals surface area contributed by atoms with Gasteiger partial charge in [-0.05, 0) is 0 Å². The van der Waals surface area contributed by atoms with E-state index in [0.29, 0.717) is 11.2 Å². The molecule has 0 bridgehead atoms. The van der Waals surface area contributed by atoms with Crippen LogP contribution in [-0.2, 0) is 7.05 Å². The second-order valence-corrected chi connectivity index (χ2v) is 2.65. The van der Waals surface area contributed by atoms with Gasteiger partial charge in [-0.2, -0.15) is 0 Å². The SMILES string of the molecule is Cn1c(=O)cnc2ncc(F)cc21. The molecule has 2 aromatic heterocycles. The molecule has 0 N–H and O–H groups in total. The summed E-state index contributed by atoms with van der Waals surface area (Å²) < 4.78 is 14.0. The van der Waals surface area contributed by atoms with Crippen molar-refractivity contribution in [2.24, 2.45) is 7.05 Å². The molecule has 66 valence electrons. The van der Waals surface area contributed by atoms with Gasteiger partial charge < -0.3 is 4.57 Å². The van der Waals surface area contributed by atoms with Crippen LogP contribution in [0.25, 0.3) is 11.2 Å². The molecule has 5 heteroatoms. The molecule has 2 heterocycles. The van der Waals surface area contributed by atoms with Crippen LogP contribution in [0.15, 0.2) is 23.3 Å². The maximum absolute atomic E-state index is 12.7. The quantitative estimate of drug-likeness (QED) is 0.590. The summed E-state index contributed by atoms with van der Waals surface area (Å²) in [5, 5.41) is 0. The van der Waals surface area contributed by atoms with Crippen molar-refractivity contribution in [1.29, 1.82) is 0 Å². The van der Waals surface area contributed by atoms with E-state index in [1.807, 2.05) is 0 Å². The molecule has 0 aliphatic carbocycles. The Morgan fingerprint density at radius 1 is 1.38 bits per heavy atom. The lowest BCUT2D eigenvalue weighted by atomic mass is 10.4. The van der Waals surface area contributed by atoms with Gasteiger partial charge in [0.05, 0.1) is 17.9 Å². The summed E-state index contributed by atoms with van der Waals surface area (Å²) in [6.07, 6.45) is 2.23. The molecule has 4 nitrogen and oxygen atoms in total. The zero-order valence-electron chi connectivity index (χ0n) is 6.86. The monoisotopic (exact) mass is 179 g/mol. The van der Waals surface area contributed by atoms with Gasteiger partial charge >= 0.3 is 0 Å². The number of hydrogen-bond donors (Lipinski definition) is 0. The van der Waals surface area contributed by atoms with E-state index < -0.39 is 5.82 Å². The zero-order valence-corrected chi connectivity index (χ0v) is 6.86. The fourth-order valence-corrected chi connectivity index (χ4v) is 1.09. The predicted octanol–water partition coefficient (Wildman–Crippen LogP) is 0.468. The van der Waals surface area contributed by atoms with Crippen molar-refractivity contribution in [3.63, 3.8) is 0 Å². The average molecular weight is 179 g/mol. The van der Waals surface area contributed by atoms with E-state index in [-0.39, 0.29) is 5.56 Å². The lowest BCUT2D eigenvalue weighted by Gasteiger charge is -2.01. The molecule has 0 radical (unpaired) electrons. The molecule has 0 saturated heterocycles. The number of fused-ring (bicyclic) bond motifs is 1. The van der Waals surface area contributed by atoms with Gasteiger partial charge in [0, 0.05) is 13.1 Å². The van der Waals surface area contributed by atoms with Crippen molar-refractivity contribution in [1.82, 2.24) is 14.5 Å². The summed E-state index contributed by atoms with van der Waals surface area (Å²) in [7, 11) is 1.55. The highest BCUT2D eigenvalue weighted by Gasteiger charge is 2.02. The number of hydrogen-bond acceptors (Lipinski definition) is 3. The van der Waals surface area contributed by atoms with Crippen LogP contribution >= 0.6 is 0 Å². The minimum absolute atomic E-state index is 0.278. The third-order valence-electron chi connectivity index (χ3n) is 1.80. The first-order chi connectivity index (χ1) is 6.18. The van der Waals surface area contributed by atoms with Crippen LogP contribution in [0.3, 0.4) is 0 Å². The summed E-state index contributed by atoms with van der Waals surface area (Å²) >= 11 is 0. The number of aromatic nitrogens is 3. The van der Waals surface area contributed by atoms with Gasteiger partial charge in [0.25, 0.3) is 5.56 Å². The summed E-state index contributed by atoms with van der Waals surface area (Å²) in [6.45, 7) is 0. The largest absolute Gasteiger partial charge is 0.307 e. The molecule has 0 unspecified atom stereocenters. The summed E-state index contributed by atoms with van der Waals surface area (Å²) in [5.41, 5.74) is 0.482. The molecule has 13 heavy (non-hydrogen) atoms. The Morgan fingerprint density at radius 2 is 2.08 bits per heavy atom. The molecule has 0 aliphatic rings. The molecule has 0 atom stereocenters. The van der Waals surface area contributed by atoms with Crippen molar-refractivity contribution < 1.29 is 4.39 Å². The molecular weight excluding hydrogens is 173 g/mol. The average Bonchev–Trinajstić information content (AvgIpc) is 2.12.